The van der Waals surface area contributed by atoms with E-state index in [1.54, 1.807) is 12.5 Å². The number of nitrogens with zero attached hydrogens (tertiary/aromatic N) is 2. The molecule has 0 saturated heterocycles. The molecule has 2 N–H and O–H groups in total. The Balaban J connectivity index is 2.99. The van der Waals surface area contributed by atoms with Gasteiger partial charge in [-0.2, -0.15) is 0 Å². The molecule has 1 rings (SSSR count). The van der Waals surface area contributed by atoms with E-state index >= 15 is 0 Å². The molecule has 1 aromatic rings. The Hall–Kier alpha value is -0.841. The fraction of sp³-hybridized carbons (Fsp3) is 0.556. The third kappa shape index (κ3) is 2.39. The number of hydrogen-bond acceptors (Lipinski definition) is 2. The van der Waals surface area contributed by atoms with Crippen molar-refractivity contribution in [2.75, 3.05) is 21.1 Å². The van der Waals surface area contributed by atoms with Gasteiger partial charge in [0, 0.05) is 0 Å². The maximum atomic E-state index is 11.3. The van der Waals surface area contributed by atoms with Crippen LogP contribution in [0.25, 0.3) is 0 Å². The Morgan fingerprint density at radius 2 is 2.27 bits per heavy atom. The zero-order valence-corrected chi connectivity index (χ0v) is 10.9. The van der Waals surface area contributed by atoms with Crippen LogP contribution in [0.4, 0.5) is 0 Å². The van der Waals surface area contributed by atoms with E-state index in [1.165, 1.54) is 0 Å². The van der Waals surface area contributed by atoms with Crippen LogP contribution in [-0.4, -0.2) is 67.1 Å². The quantitative estimate of drug-likeness (QED) is 0.567. The zero-order chi connectivity index (χ0) is 11.7. The monoisotopic (exact) mass is 278 g/mol. The average molecular weight is 277 g/mol. The number of hydrogen-bond donors (Lipinski definition) is 2. The van der Waals surface area contributed by atoms with Gasteiger partial charge in [0.25, 0.3) is 0 Å². The van der Waals surface area contributed by atoms with Crippen molar-refractivity contribution in [3.8, 4) is 0 Å². The van der Waals surface area contributed by atoms with Crippen molar-refractivity contribution >= 4 is 22.0 Å². The summed E-state index contributed by atoms with van der Waals surface area (Å²) >= 11 is 2.27. The molecule has 0 spiro atoms. The number of H-pyrrole nitrogens is 1. The fourth-order valence-electron chi connectivity index (χ4n) is 1.25. The van der Waals surface area contributed by atoms with Gasteiger partial charge in [-0.15, -0.1) is 0 Å². The number of carboxylic acid groups (broad SMARTS) is 1. The number of carboxylic acids is 1. The van der Waals surface area contributed by atoms with Gasteiger partial charge in [-0.25, -0.2) is 0 Å². The summed E-state index contributed by atoms with van der Waals surface area (Å²) in [5.41, 5.74) is 0.825. The van der Waals surface area contributed by atoms with E-state index in [1.807, 2.05) is 21.1 Å². The van der Waals surface area contributed by atoms with Crippen LogP contribution in [0.3, 0.4) is 0 Å². The normalized spacial score (nSPS) is 16.0. The Kier molecular flexibility index (Phi) is 3.23. The first-order chi connectivity index (χ1) is 6.77. The fourth-order valence-corrected chi connectivity index (χ4v) is 1.60. The summed E-state index contributed by atoms with van der Waals surface area (Å²) in [5.74, 6) is -0.829. The van der Waals surface area contributed by atoms with Crippen LogP contribution in [-0.2, 0) is 11.2 Å². The van der Waals surface area contributed by atoms with E-state index < -0.39 is 10.4 Å². The van der Waals surface area contributed by atoms with E-state index in [0.29, 0.717) is 10.9 Å². The third-order valence-corrected chi connectivity index (χ3v) is 4.44. The molecule has 1 aromatic heterocycles. The van der Waals surface area contributed by atoms with Crippen LogP contribution in [0.1, 0.15) is 5.69 Å². The third-order valence-electron chi connectivity index (χ3n) is 2.44. The van der Waals surface area contributed by atoms with Crippen LogP contribution in [0, 0.1) is 0 Å². The summed E-state index contributed by atoms with van der Waals surface area (Å²) in [4.78, 5) is 18.1. The molecule has 0 bridgehead atoms. The van der Waals surface area contributed by atoms with E-state index in [4.69, 9.17) is 0 Å². The number of imidazole rings is 1. The molecule has 6 heteroatoms. The van der Waals surface area contributed by atoms with Crippen molar-refractivity contribution in [3.05, 3.63) is 18.2 Å². The Morgan fingerprint density at radius 1 is 1.67 bits per heavy atom. The number of aromatic amines is 1. The van der Waals surface area contributed by atoms with Crippen LogP contribution in [0.15, 0.2) is 12.5 Å². The van der Waals surface area contributed by atoms with Gasteiger partial charge >= 0.3 is 96.6 Å². The Bertz CT molecular complexity index is 345. The molecule has 0 amide bonds. The first kappa shape index (κ1) is 12.2. The number of nitrogens with one attached hydrogen (secondary N) is 1. The van der Waals surface area contributed by atoms with Gasteiger partial charge in [0.2, 0.25) is 0 Å². The van der Waals surface area contributed by atoms with Gasteiger partial charge in [-0.05, 0) is 0 Å². The van der Waals surface area contributed by atoms with Gasteiger partial charge in [-0.1, -0.05) is 0 Å². The molecule has 0 aliphatic rings. The summed E-state index contributed by atoms with van der Waals surface area (Å²) in [5, 5.41) is 9.30. The second kappa shape index (κ2) is 3.96. The Labute approximate surface area is 96.9 Å². The number of rotatable bonds is 4. The molecule has 0 saturated carbocycles. The van der Waals surface area contributed by atoms with Gasteiger partial charge in [0.05, 0.1) is 0 Å². The zero-order valence-electron chi connectivity index (χ0n) is 9.06. The molecule has 1 heterocycles. The first-order valence-electron chi connectivity index (χ1n) is 4.52. The molecule has 15 heavy (non-hydrogen) atoms. The van der Waals surface area contributed by atoms with Crippen molar-refractivity contribution in [2.45, 2.75) is 10.9 Å². The van der Waals surface area contributed by atoms with Crippen LogP contribution in [0.5, 0.6) is 0 Å². The van der Waals surface area contributed by atoms with Gasteiger partial charge in [0.15, 0.2) is 0 Å². The van der Waals surface area contributed by atoms with Gasteiger partial charge < -0.3 is 0 Å². The van der Waals surface area contributed by atoms with E-state index in [9.17, 15) is 9.90 Å². The number of likely N-dealkylation sites (N-methyl/N-ethyl adjacent to an activating group) is 1. The molecule has 84 valence electrons. The minimum absolute atomic E-state index is 0.335. The first-order valence-corrected chi connectivity index (χ1v) is 5.46. The molecule has 1 atom stereocenters. The summed E-state index contributed by atoms with van der Waals surface area (Å²) in [7, 11) is 5.59. The molecule has 0 fully saturated rings. The van der Waals surface area contributed by atoms with Crippen molar-refractivity contribution in [3.63, 3.8) is 0 Å². The second-order valence-electron chi connectivity index (χ2n) is 4.39. The van der Waals surface area contributed by atoms with Crippen molar-refractivity contribution in [1.82, 2.24) is 9.97 Å². The molecule has 0 unspecified atom stereocenters. The minimum atomic E-state index is -0.917. The standard InChI is InChI=1S/C9H15N3O2Se/c1-12(2,3)9(15,8(13)14)4-7-5-10-6-11-7/h5-6H,4H2,1-3H3,(H2-,10,11,13,14,15)/p+1/t9-/m0/s1. The number of aliphatic carboxylic acids is 1. The maximum absolute atomic E-state index is 11.3. The van der Waals surface area contributed by atoms with E-state index in [2.05, 4.69) is 26.0 Å². The predicted octanol–water partition coefficient (Wildman–Crippen LogP) is -0.660. The molecular weight excluding hydrogens is 261 g/mol. The van der Waals surface area contributed by atoms with Gasteiger partial charge in [-0.3, -0.25) is 0 Å². The molecular formula is C9H16N3O2Se+. The van der Waals surface area contributed by atoms with E-state index in [-0.39, 0.29) is 0 Å². The summed E-state index contributed by atoms with van der Waals surface area (Å²) < 4.78 is -0.582. The SMILES string of the molecule is C[N+](C)(C)[C@]([SeH])(Cc1cnc[nH]1)C(=O)O. The summed E-state index contributed by atoms with van der Waals surface area (Å²) in [6.07, 6.45) is 3.62. The van der Waals surface area contributed by atoms with Gasteiger partial charge in [0.1, 0.15) is 0 Å². The van der Waals surface area contributed by atoms with Crippen molar-refractivity contribution in [1.29, 1.82) is 0 Å². The average Bonchev–Trinajstić information content (AvgIpc) is 2.54. The van der Waals surface area contributed by atoms with Crippen LogP contribution < -0.4 is 0 Å². The van der Waals surface area contributed by atoms with Crippen LogP contribution >= 0.6 is 0 Å². The topological polar surface area (TPSA) is 66.0 Å². The van der Waals surface area contributed by atoms with E-state index in [0.717, 1.165) is 5.69 Å². The molecule has 5 nitrogen and oxygen atoms in total. The molecule has 0 radical (unpaired) electrons. The Morgan fingerprint density at radius 3 is 2.60 bits per heavy atom. The second-order valence-corrected chi connectivity index (χ2v) is 5.94. The van der Waals surface area contributed by atoms with Crippen LogP contribution in [0.2, 0.25) is 0 Å². The predicted molar refractivity (Wildman–Crippen MR) is 57.8 cm³/mol. The summed E-state index contributed by atoms with van der Waals surface area (Å²) in [6.45, 7) is 0. The molecule has 0 aliphatic carbocycles. The molecule has 0 aliphatic heterocycles. The number of quaternary nitrogens is 1. The summed E-state index contributed by atoms with van der Waals surface area (Å²) in [6, 6.07) is 0. The number of carbonyl (C=O) groups is 1. The van der Waals surface area contributed by atoms with Crippen molar-refractivity contribution < 1.29 is 14.4 Å². The number of aromatic nitrogens is 2. The molecule has 0 aromatic carbocycles. The van der Waals surface area contributed by atoms with Crippen molar-refractivity contribution in [2.24, 2.45) is 0 Å².